The van der Waals surface area contributed by atoms with Gasteiger partial charge in [-0.2, -0.15) is 0 Å². The highest BCUT2D eigenvalue weighted by atomic mass is 32.2. The Balaban J connectivity index is 1.11. The van der Waals surface area contributed by atoms with Crippen LogP contribution in [0.2, 0.25) is 0 Å². The van der Waals surface area contributed by atoms with E-state index in [9.17, 15) is 19.5 Å². The van der Waals surface area contributed by atoms with Gasteiger partial charge >= 0.3 is 5.97 Å². The van der Waals surface area contributed by atoms with E-state index in [0.717, 1.165) is 22.3 Å². The zero-order valence-electron chi connectivity index (χ0n) is 28.1. The Hall–Kier alpha value is -5.72. The molecule has 0 saturated carbocycles. The van der Waals surface area contributed by atoms with Gasteiger partial charge in [0.25, 0.3) is 5.91 Å². The molecule has 7 rings (SSSR count). The number of nitrogens with one attached hydrogen (secondary N) is 2. The molecular weight excluding hydrogens is 695 g/mol. The molecule has 2 aliphatic rings. The number of amides is 2. The topological polar surface area (TPSA) is 133 Å². The summed E-state index contributed by atoms with van der Waals surface area (Å²) in [5.41, 5.74) is 1.94. The van der Waals surface area contributed by atoms with Crippen LogP contribution in [-0.4, -0.2) is 69.3 Å². The van der Waals surface area contributed by atoms with E-state index in [1.807, 2.05) is 84.9 Å². The number of hydrogen-bond donors (Lipinski definition) is 3. The lowest BCUT2D eigenvalue weighted by atomic mass is 9.77. The molecule has 3 N–H and O–H groups in total. The van der Waals surface area contributed by atoms with Crippen molar-refractivity contribution in [2.24, 2.45) is 10.6 Å². The van der Waals surface area contributed by atoms with Crippen LogP contribution in [0.15, 0.2) is 138 Å². The van der Waals surface area contributed by atoms with E-state index < -0.39 is 34.2 Å². The Kier molecular flexibility index (Phi) is 9.92. The maximum atomic E-state index is 13.7. The van der Waals surface area contributed by atoms with Gasteiger partial charge in [-0.1, -0.05) is 139 Å². The van der Waals surface area contributed by atoms with Gasteiger partial charge in [0.05, 0.1) is 0 Å². The van der Waals surface area contributed by atoms with Gasteiger partial charge < -0.3 is 25.5 Å². The van der Waals surface area contributed by atoms with Gasteiger partial charge in [-0.05, 0) is 22.3 Å². The van der Waals surface area contributed by atoms with E-state index in [0.29, 0.717) is 5.13 Å². The van der Waals surface area contributed by atoms with Crippen LogP contribution in [-0.2, 0) is 24.8 Å². The number of fused-ring (bicyclic) bond motifs is 1. The predicted octanol–water partition coefficient (Wildman–Crippen LogP) is 6.08. The zero-order chi connectivity index (χ0) is 36.1. The van der Waals surface area contributed by atoms with Crippen molar-refractivity contribution in [3.8, 4) is 0 Å². The summed E-state index contributed by atoms with van der Waals surface area (Å²) in [6.45, 7) is 0.000658. The number of carbonyl (C=O) groups is 3. The normalized spacial score (nSPS) is 20.1. The first-order valence-corrected chi connectivity index (χ1v) is 18.5. The van der Waals surface area contributed by atoms with Crippen molar-refractivity contribution in [2.75, 3.05) is 24.7 Å². The second-order valence-corrected chi connectivity index (χ2v) is 14.4. The number of carboxylic acids is 1. The summed E-state index contributed by atoms with van der Waals surface area (Å²) < 4.78 is 0. The molecule has 5 aromatic rings. The van der Waals surface area contributed by atoms with Crippen molar-refractivity contribution < 1.29 is 24.3 Å². The second kappa shape index (κ2) is 14.9. The van der Waals surface area contributed by atoms with Crippen LogP contribution in [0.3, 0.4) is 0 Å². The lowest BCUT2D eigenvalue weighted by Gasteiger charge is -2.53. The van der Waals surface area contributed by atoms with Gasteiger partial charge in [0, 0.05) is 17.7 Å². The van der Waals surface area contributed by atoms with Crippen molar-refractivity contribution in [2.45, 2.75) is 17.0 Å². The molecule has 2 saturated heterocycles. The number of rotatable bonds is 12. The number of β-lactam (4-membered cyclic amide) rings is 1. The number of carboxylic acid groups (broad SMARTS) is 1. The maximum Gasteiger partial charge on any atom is 0.316 e. The molecule has 12 heteroatoms. The van der Waals surface area contributed by atoms with Crippen LogP contribution >= 0.6 is 23.1 Å². The fraction of sp³-hybridized carbons (Fsp3) is 0.175. The van der Waals surface area contributed by atoms with Crippen molar-refractivity contribution in [1.29, 1.82) is 0 Å². The molecule has 52 heavy (non-hydrogen) atoms. The molecule has 3 heterocycles. The molecule has 1 aromatic heterocycles. The third-order valence-electron chi connectivity index (χ3n) is 9.27. The molecule has 2 unspecified atom stereocenters. The zero-order valence-corrected chi connectivity index (χ0v) is 29.7. The number of benzene rings is 4. The van der Waals surface area contributed by atoms with Crippen molar-refractivity contribution in [3.63, 3.8) is 0 Å². The minimum Gasteiger partial charge on any atom is -0.481 e. The van der Waals surface area contributed by atoms with Gasteiger partial charge in [-0.25, -0.2) is 4.98 Å². The number of nitrogens with zero attached hydrogens (tertiary/aromatic N) is 3. The van der Waals surface area contributed by atoms with Gasteiger partial charge in [0.15, 0.2) is 10.8 Å². The van der Waals surface area contributed by atoms with E-state index in [-0.39, 0.29) is 29.6 Å². The second-order valence-electron chi connectivity index (χ2n) is 12.5. The minimum atomic E-state index is -1.26. The standard InChI is InChI=1S/C40H35N5O5S2/c1-50-44-32(34(46)42-33-35(47)45-25-39(37(48)49,26-52-36(33)45)23-22-27-14-6-2-7-15-27)31-24-51-38(41-31)43-40(28-16-8-3-9-17-28,29-18-10-4-11-19-29)30-20-12-5-13-21-30/h2-24,33,36H,25-26H2,1H3,(H,41,43)(H,42,46)(H,48,49)/t33?,36-,39?/m1/s1. The molecule has 0 aliphatic carbocycles. The van der Waals surface area contributed by atoms with Crippen LogP contribution in [0, 0.1) is 5.41 Å². The van der Waals surface area contributed by atoms with E-state index in [2.05, 4.69) is 52.2 Å². The number of aliphatic carboxylic acids is 1. The number of anilines is 1. The Labute approximate surface area is 309 Å². The fourth-order valence-corrected chi connectivity index (χ4v) is 8.87. The quantitative estimate of drug-likeness (QED) is 0.0610. The summed E-state index contributed by atoms with van der Waals surface area (Å²) in [5, 5.41) is 22.6. The van der Waals surface area contributed by atoms with Gasteiger partial charge in [-0.15, -0.1) is 23.1 Å². The third kappa shape index (κ3) is 6.58. The number of carbonyl (C=O) groups excluding carboxylic acids is 2. The summed E-state index contributed by atoms with van der Waals surface area (Å²) in [4.78, 5) is 51.0. The predicted molar refractivity (Wildman–Crippen MR) is 204 cm³/mol. The van der Waals surface area contributed by atoms with Crippen LogP contribution in [0.1, 0.15) is 27.9 Å². The summed E-state index contributed by atoms with van der Waals surface area (Å²) in [6, 6.07) is 38.8. The molecule has 262 valence electrons. The molecular formula is C40H35N5O5S2. The summed E-state index contributed by atoms with van der Waals surface area (Å²) >= 11 is 2.64. The molecule has 2 aliphatic heterocycles. The minimum absolute atomic E-state index is 0.000658. The van der Waals surface area contributed by atoms with E-state index >= 15 is 0 Å². The molecule has 4 aromatic carbocycles. The van der Waals surface area contributed by atoms with Crippen LogP contribution in [0.4, 0.5) is 5.13 Å². The number of hydrogen-bond acceptors (Lipinski definition) is 9. The number of oxime groups is 1. The number of aromatic nitrogens is 1. The SMILES string of the molecule is CON=C(C(=O)NC1C(=O)N2CC(C=Cc3ccccc3)(C(=O)O)CS[C@H]12)c1csc(NC(c2ccccc2)(c2ccccc2)c2ccccc2)n1. The Bertz CT molecular complexity index is 2010. The molecule has 0 spiro atoms. The summed E-state index contributed by atoms with van der Waals surface area (Å²) in [7, 11) is 1.34. The highest BCUT2D eigenvalue weighted by Gasteiger charge is 2.57. The van der Waals surface area contributed by atoms with Crippen LogP contribution in [0.25, 0.3) is 6.08 Å². The first-order chi connectivity index (χ1) is 25.3. The van der Waals surface area contributed by atoms with Crippen LogP contribution in [0.5, 0.6) is 0 Å². The third-order valence-corrected chi connectivity index (χ3v) is 11.6. The Morgan fingerprint density at radius 3 is 2.02 bits per heavy atom. The van der Waals surface area contributed by atoms with Crippen LogP contribution < -0.4 is 10.6 Å². The average molecular weight is 730 g/mol. The maximum absolute atomic E-state index is 13.7. The molecule has 0 bridgehead atoms. The molecule has 3 atom stereocenters. The van der Waals surface area contributed by atoms with E-state index in [1.165, 1.54) is 35.1 Å². The van der Waals surface area contributed by atoms with Gasteiger partial charge in [-0.3, -0.25) is 14.4 Å². The van der Waals surface area contributed by atoms with E-state index in [4.69, 9.17) is 9.82 Å². The molecule has 2 amide bonds. The Morgan fingerprint density at radius 1 is 0.923 bits per heavy atom. The highest BCUT2D eigenvalue weighted by Crippen LogP contribution is 2.44. The van der Waals surface area contributed by atoms with Crippen molar-refractivity contribution in [3.05, 3.63) is 161 Å². The number of thioether (sulfide) groups is 1. The summed E-state index contributed by atoms with van der Waals surface area (Å²) in [5.74, 6) is -1.76. The Morgan fingerprint density at radius 2 is 1.48 bits per heavy atom. The molecule has 10 nitrogen and oxygen atoms in total. The van der Waals surface area contributed by atoms with Crippen molar-refractivity contribution in [1.82, 2.24) is 15.2 Å². The molecule has 0 radical (unpaired) electrons. The number of thiazole rings is 1. The highest BCUT2D eigenvalue weighted by molar-refractivity contribution is 8.00. The summed E-state index contributed by atoms with van der Waals surface area (Å²) in [6.07, 6.45) is 3.43. The monoisotopic (exact) mass is 729 g/mol. The smallest absolute Gasteiger partial charge is 0.316 e. The van der Waals surface area contributed by atoms with E-state index in [1.54, 1.807) is 17.5 Å². The largest absolute Gasteiger partial charge is 0.481 e. The lowest BCUT2D eigenvalue weighted by molar-refractivity contribution is -0.155. The lowest BCUT2D eigenvalue weighted by Crippen LogP contribution is -2.73. The van der Waals surface area contributed by atoms with Gasteiger partial charge in [0.1, 0.15) is 35.2 Å². The average Bonchev–Trinajstić information content (AvgIpc) is 3.66. The van der Waals surface area contributed by atoms with Crippen molar-refractivity contribution >= 4 is 57.8 Å². The van der Waals surface area contributed by atoms with Gasteiger partial charge in [0.2, 0.25) is 5.91 Å². The molecule has 2 fully saturated rings. The fourth-order valence-electron chi connectivity index (χ4n) is 6.60. The first-order valence-electron chi connectivity index (χ1n) is 16.6. The first kappa shape index (κ1) is 34.7.